The average molecular weight is 893 g/mol. The number of rotatable bonds is 8. The minimum atomic E-state index is 1.09. The van der Waals surface area contributed by atoms with E-state index in [-0.39, 0.29) is 0 Å². The quantitative estimate of drug-likeness (QED) is 0.140. The molecule has 13 rings (SSSR count). The molecule has 0 N–H and O–H groups in total. The van der Waals surface area contributed by atoms with Crippen molar-refractivity contribution in [3.63, 3.8) is 0 Å². The van der Waals surface area contributed by atoms with E-state index >= 15 is 0 Å². The molecule has 2 heteroatoms. The molecule has 0 aromatic heterocycles. The molecule has 0 saturated carbocycles. The number of hydrogen-bond acceptors (Lipinski definition) is 2. The number of hydrogen-bond donors (Lipinski definition) is 0. The maximum absolute atomic E-state index is 2.46. The molecular formula is C68H48N2. The maximum Gasteiger partial charge on any atom is 0.0540 e. The molecule has 13 aromatic carbocycles. The molecule has 0 fully saturated rings. The van der Waals surface area contributed by atoms with Gasteiger partial charge in [-0.05, 0) is 151 Å². The van der Waals surface area contributed by atoms with Crippen LogP contribution in [-0.4, -0.2) is 0 Å². The second-order valence-electron chi connectivity index (χ2n) is 18.7. The Morgan fingerprint density at radius 3 is 1.00 bits per heavy atom. The molecule has 0 radical (unpaired) electrons. The lowest BCUT2D eigenvalue weighted by Crippen LogP contribution is -2.11. The van der Waals surface area contributed by atoms with Crippen LogP contribution in [0.4, 0.5) is 34.1 Å². The van der Waals surface area contributed by atoms with Crippen molar-refractivity contribution in [2.75, 3.05) is 9.80 Å². The first-order chi connectivity index (χ1) is 34.5. The highest BCUT2D eigenvalue weighted by Crippen LogP contribution is 2.50. The summed E-state index contributed by atoms with van der Waals surface area (Å²) in [6, 6.07) is 94.3. The van der Waals surface area contributed by atoms with Gasteiger partial charge in [-0.15, -0.1) is 0 Å². The fraction of sp³-hybridized carbons (Fsp3) is 0.0294. The minimum Gasteiger partial charge on any atom is -0.310 e. The summed E-state index contributed by atoms with van der Waals surface area (Å²) >= 11 is 0. The number of aryl methyl sites for hydroxylation is 2. The van der Waals surface area contributed by atoms with Gasteiger partial charge in [-0.25, -0.2) is 0 Å². The van der Waals surface area contributed by atoms with Crippen molar-refractivity contribution < 1.29 is 0 Å². The Hall–Kier alpha value is -8.98. The molecule has 13 aromatic rings. The fourth-order valence-electron chi connectivity index (χ4n) is 10.8. The van der Waals surface area contributed by atoms with Crippen LogP contribution in [0.2, 0.25) is 0 Å². The largest absolute Gasteiger partial charge is 0.310 e. The molecule has 0 aliphatic heterocycles. The minimum absolute atomic E-state index is 1.09. The second kappa shape index (κ2) is 17.0. The Bertz CT molecular complexity index is 3870. The van der Waals surface area contributed by atoms with Gasteiger partial charge in [0.1, 0.15) is 0 Å². The average Bonchev–Trinajstić information content (AvgIpc) is 3.41. The van der Waals surface area contributed by atoms with Crippen LogP contribution >= 0.6 is 0 Å². The van der Waals surface area contributed by atoms with Gasteiger partial charge >= 0.3 is 0 Å². The Kier molecular flexibility index (Phi) is 9.99. The summed E-state index contributed by atoms with van der Waals surface area (Å²) in [5, 5.41) is 14.5. The molecule has 0 amide bonds. The number of nitrogens with zero attached hydrogens (tertiary/aromatic N) is 2. The molecule has 0 atom stereocenters. The zero-order valence-corrected chi connectivity index (χ0v) is 39.1. The molecule has 2 nitrogen and oxygen atoms in total. The second-order valence-corrected chi connectivity index (χ2v) is 18.7. The van der Waals surface area contributed by atoms with E-state index < -0.39 is 0 Å². The van der Waals surface area contributed by atoms with E-state index in [1.165, 1.54) is 98.0 Å². The van der Waals surface area contributed by atoms with E-state index in [9.17, 15) is 0 Å². The molecular weight excluding hydrogens is 845 g/mol. The molecule has 0 saturated heterocycles. The molecule has 70 heavy (non-hydrogen) atoms. The van der Waals surface area contributed by atoms with Gasteiger partial charge in [-0.3, -0.25) is 0 Å². The first-order valence-corrected chi connectivity index (χ1v) is 24.2. The lowest BCUT2D eigenvalue weighted by Gasteiger charge is -2.29. The van der Waals surface area contributed by atoms with E-state index in [2.05, 4.69) is 278 Å². The van der Waals surface area contributed by atoms with Crippen LogP contribution < -0.4 is 9.80 Å². The Balaban J connectivity index is 1.12. The van der Waals surface area contributed by atoms with Gasteiger partial charge in [0.05, 0.1) is 11.4 Å². The fourth-order valence-corrected chi connectivity index (χ4v) is 10.8. The lowest BCUT2D eigenvalue weighted by molar-refractivity contribution is 1.31. The number of fused-ring (bicyclic) bond motifs is 6. The first kappa shape index (κ1) is 41.2. The van der Waals surface area contributed by atoms with Gasteiger partial charge in [0.2, 0.25) is 0 Å². The van der Waals surface area contributed by atoms with Crippen molar-refractivity contribution in [1.82, 2.24) is 0 Å². The molecule has 0 unspecified atom stereocenters. The van der Waals surface area contributed by atoms with E-state index in [0.717, 1.165) is 34.1 Å². The monoisotopic (exact) mass is 892 g/mol. The summed E-state index contributed by atoms with van der Waals surface area (Å²) in [4.78, 5) is 4.91. The molecule has 0 bridgehead atoms. The standard InChI is InChI=1S/C68H48N2/c1-45-25-29-51(30-26-45)67-61-39-37-58(70(56-36-34-48-14-4-6-18-54(48)42-56)66-24-12-20-50-16-8-10-22-60(50)66)44-64(61)68(52-31-27-46(2)28-32-52)62-40-38-57(43-63(62)67)69(55-35-33-47-13-3-5-17-53(47)41-55)65-23-11-19-49-15-7-9-21-59(49)65/h3-44H,1-2H3. The van der Waals surface area contributed by atoms with Crippen LogP contribution in [0, 0.1) is 13.8 Å². The smallest absolute Gasteiger partial charge is 0.0540 e. The highest BCUT2D eigenvalue weighted by molar-refractivity contribution is 6.23. The zero-order valence-electron chi connectivity index (χ0n) is 39.1. The van der Waals surface area contributed by atoms with Crippen LogP contribution in [0.25, 0.3) is 86.9 Å². The zero-order chi connectivity index (χ0) is 46.7. The van der Waals surface area contributed by atoms with Crippen molar-refractivity contribution in [3.05, 3.63) is 266 Å². The predicted molar refractivity (Wildman–Crippen MR) is 301 cm³/mol. The van der Waals surface area contributed by atoms with Gasteiger partial charge in [-0.2, -0.15) is 0 Å². The van der Waals surface area contributed by atoms with E-state index in [1.54, 1.807) is 0 Å². The van der Waals surface area contributed by atoms with Gasteiger partial charge in [-0.1, -0.05) is 205 Å². The maximum atomic E-state index is 2.46. The van der Waals surface area contributed by atoms with Crippen molar-refractivity contribution in [2.45, 2.75) is 13.8 Å². The van der Waals surface area contributed by atoms with Gasteiger partial charge in [0, 0.05) is 33.5 Å². The number of anilines is 6. The Morgan fingerprint density at radius 2 is 0.571 bits per heavy atom. The van der Waals surface area contributed by atoms with Crippen molar-refractivity contribution in [3.8, 4) is 22.3 Å². The Labute approximate surface area is 408 Å². The van der Waals surface area contributed by atoms with E-state index in [1.807, 2.05) is 0 Å². The highest BCUT2D eigenvalue weighted by atomic mass is 15.1. The molecule has 330 valence electrons. The summed E-state index contributed by atoms with van der Waals surface area (Å²) in [5.41, 5.74) is 13.9. The van der Waals surface area contributed by atoms with Crippen LogP contribution in [0.15, 0.2) is 255 Å². The Morgan fingerprint density at radius 1 is 0.229 bits per heavy atom. The first-order valence-electron chi connectivity index (χ1n) is 24.2. The summed E-state index contributed by atoms with van der Waals surface area (Å²) in [7, 11) is 0. The third kappa shape index (κ3) is 7.12. The topological polar surface area (TPSA) is 6.48 Å². The third-order valence-corrected chi connectivity index (χ3v) is 14.3. The highest BCUT2D eigenvalue weighted by Gasteiger charge is 2.24. The van der Waals surface area contributed by atoms with E-state index in [4.69, 9.17) is 0 Å². The SMILES string of the molecule is Cc1ccc(-c2c3ccc(N(c4ccc5ccccc5c4)c4cccc5ccccc45)cc3c(-c3ccc(C)cc3)c3ccc(N(c4ccc5ccccc5c4)c4cccc5ccccc45)cc23)cc1. The van der Waals surface area contributed by atoms with Crippen LogP contribution in [0.5, 0.6) is 0 Å². The predicted octanol–water partition coefficient (Wildman–Crippen LogP) is 19.5. The van der Waals surface area contributed by atoms with Crippen molar-refractivity contribution in [2.24, 2.45) is 0 Å². The third-order valence-electron chi connectivity index (χ3n) is 14.3. The van der Waals surface area contributed by atoms with Crippen LogP contribution in [0.3, 0.4) is 0 Å². The van der Waals surface area contributed by atoms with Gasteiger partial charge < -0.3 is 9.80 Å². The van der Waals surface area contributed by atoms with Gasteiger partial charge in [0.15, 0.2) is 0 Å². The van der Waals surface area contributed by atoms with E-state index in [0.29, 0.717) is 0 Å². The van der Waals surface area contributed by atoms with Crippen molar-refractivity contribution >= 4 is 98.8 Å². The summed E-state index contributed by atoms with van der Waals surface area (Å²) in [6.45, 7) is 4.34. The summed E-state index contributed by atoms with van der Waals surface area (Å²) in [6.07, 6.45) is 0. The van der Waals surface area contributed by atoms with Crippen LogP contribution in [-0.2, 0) is 0 Å². The molecule has 0 aliphatic carbocycles. The lowest BCUT2D eigenvalue weighted by atomic mass is 9.85. The molecule has 0 heterocycles. The molecule has 0 aliphatic rings. The summed E-state index contributed by atoms with van der Waals surface area (Å²) in [5.74, 6) is 0. The van der Waals surface area contributed by atoms with Crippen molar-refractivity contribution in [1.29, 1.82) is 0 Å². The normalized spacial score (nSPS) is 11.6. The summed E-state index contributed by atoms with van der Waals surface area (Å²) < 4.78 is 0. The van der Waals surface area contributed by atoms with Gasteiger partial charge in [0.25, 0.3) is 0 Å². The van der Waals surface area contributed by atoms with Crippen LogP contribution in [0.1, 0.15) is 11.1 Å². The molecule has 0 spiro atoms. The number of benzene rings is 13.